The van der Waals surface area contributed by atoms with Crippen molar-refractivity contribution in [1.29, 1.82) is 0 Å². The molecule has 23 heavy (non-hydrogen) atoms. The van der Waals surface area contributed by atoms with Gasteiger partial charge in [-0.2, -0.15) is 0 Å². The maximum absolute atomic E-state index is 12.3. The molecule has 0 aliphatic carbocycles. The number of hydrogen-bond acceptors (Lipinski definition) is 4. The minimum atomic E-state index is -0.200. The number of benzene rings is 2. The molecule has 2 aromatic carbocycles. The van der Waals surface area contributed by atoms with E-state index in [0.717, 1.165) is 21.9 Å². The third kappa shape index (κ3) is 5.30. The summed E-state index contributed by atoms with van der Waals surface area (Å²) >= 11 is 1.51. The lowest BCUT2D eigenvalue weighted by Gasteiger charge is -2.13. The van der Waals surface area contributed by atoms with E-state index in [1.54, 1.807) is 14.2 Å². The number of amides is 1. The number of hydrogen-bond donors (Lipinski definition) is 1. The summed E-state index contributed by atoms with van der Waals surface area (Å²) in [4.78, 5) is 13.4. The Labute approximate surface area is 141 Å². The van der Waals surface area contributed by atoms with Crippen LogP contribution in [0.4, 0.5) is 5.69 Å². The Morgan fingerprint density at radius 1 is 1.17 bits per heavy atom. The van der Waals surface area contributed by atoms with E-state index in [4.69, 9.17) is 9.47 Å². The van der Waals surface area contributed by atoms with E-state index in [1.807, 2.05) is 55.5 Å². The topological polar surface area (TPSA) is 47.6 Å². The lowest BCUT2D eigenvalue weighted by molar-refractivity contribution is -0.115. The number of rotatable bonds is 7. The van der Waals surface area contributed by atoms with Crippen LogP contribution in [-0.2, 0) is 16.1 Å². The van der Waals surface area contributed by atoms with Gasteiger partial charge in [0.1, 0.15) is 5.75 Å². The van der Waals surface area contributed by atoms with Crippen molar-refractivity contribution in [2.24, 2.45) is 0 Å². The Kier molecular flexibility index (Phi) is 6.50. The average molecular weight is 331 g/mol. The maximum atomic E-state index is 12.3. The van der Waals surface area contributed by atoms with Crippen LogP contribution in [0, 0.1) is 0 Å². The molecule has 5 heteroatoms. The Balaban J connectivity index is 1.95. The summed E-state index contributed by atoms with van der Waals surface area (Å²) in [5.74, 6) is 0.779. The van der Waals surface area contributed by atoms with Crippen molar-refractivity contribution in [3.63, 3.8) is 0 Å². The predicted molar refractivity (Wildman–Crippen MR) is 94.1 cm³/mol. The summed E-state index contributed by atoms with van der Waals surface area (Å²) in [6, 6.07) is 15.4. The van der Waals surface area contributed by atoms with Crippen molar-refractivity contribution in [2.75, 3.05) is 19.5 Å². The van der Waals surface area contributed by atoms with E-state index in [1.165, 1.54) is 11.8 Å². The van der Waals surface area contributed by atoms with Gasteiger partial charge in [-0.05, 0) is 48.9 Å². The first-order chi connectivity index (χ1) is 11.1. The third-order valence-electron chi connectivity index (χ3n) is 3.25. The first-order valence-corrected chi connectivity index (χ1v) is 8.20. The zero-order valence-electron chi connectivity index (χ0n) is 13.5. The fourth-order valence-electron chi connectivity index (χ4n) is 2.06. The van der Waals surface area contributed by atoms with Gasteiger partial charge in [-0.1, -0.05) is 12.1 Å². The molecule has 0 heterocycles. The molecule has 0 aliphatic heterocycles. The molecule has 122 valence electrons. The highest BCUT2D eigenvalue weighted by atomic mass is 32.2. The lowest BCUT2D eigenvalue weighted by atomic mass is 10.2. The second-order valence-electron chi connectivity index (χ2n) is 5.06. The van der Waals surface area contributed by atoms with E-state index in [9.17, 15) is 4.79 Å². The highest BCUT2D eigenvalue weighted by Gasteiger charge is 2.14. The van der Waals surface area contributed by atoms with Crippen molar-refractivity contribution >= 4 is 23.4 Å². The standard InChI is InChI=1S/C18H21NO3S/c1-13(23-17-9-7-16(22-3)8-10-17)18(20)19-15-6-4-5-14(11-15)12-21-2/h4-11,13H,12H2,1-3H3,(H,19,20)/t13-/m1/s1. The van der Waals surface area contributed by atoms with Crippen LogP contribution in [0.2, 0.25) is 0 Å². The van der Waals surface area contributed by atoms with Crippen LogP contribution < -0.4 is 10.1 Å². The SMILES string of the molecule is COCc1cccc(NC(=O)[C@@H](C)Sc2ccc(OC)cc2)c1. The monoisotopic (exact) mass is 331 g/mol. The molecule has 1 amide bonds. The van der Waals surface area contributed by atoms with Gasteiger partial charge in [-0.15, -0.1) is 11.8 Å². The molecule has 0 aliphatic rings. The summed E-state index contributed by atoms with van der Waals surface area (Å²) in [5, 5.41) is 2.74. The maximum Gasteiger partial charge on any atom is 0.237 e. The van der Waals surface area contributed by atoms with Gasteiger partial charge in [-0.25, -0.2) is 0 Å². The number of carbonyl (C=O) groups is 1. The van der Waals surface area contributed by atoms with E-state index >= 15 is 0 Å². The molecule has 2 aromatic rings. The van der Waals surface area contributed by atoms with E-state index < -0.39 is 0 Å². The van der Waals surface area contributed by atoms with Crippen molar-refractivity contribution in [3.8, 4) is 5.75 Å². The van der Waals surface area contributed by atoms with Gasteiger partial charge in [0.15, 0.2) is 0 Å². The minimum Gasteiger partial charge on any atom is -0.497 e. The van der Waals surface area contributed by atoms with Gasteiger partial charge in [-0.3, -0.25) is 4.79 Å². The Morgan fingerprint density at radius 3 is 2.57 bits per heavy atom. The number of ether oxygens (including phenoxy) is 2. The second-order valence-corrected chi connectivity index (χ2v) is 6.47. The zero-order chi connectivity index (χ0) is 16.7. The largest absolute Gasteiger partial charge is 0.497 e. The summed E-state index contributed by atoms with van der Waals surface area (Å²) in [7, 11) is 3.29. The highest BCUT2D eigenvalue weighted by molar-refractivity contribution is 8.00. The minimum absolute atomic E-state index is 0.0274. The van der Waals surface area contributed by atoms with Gasteiger partial charge in [0.2, 0.25) is 5.91 Å². The molecule has 1 N–H and O–H groups in total. The summed E-state index contributed by atoms with van der Waals surface area (Å²) in [6.45, 7) is 2.42. The molecule has 0 saturated heterocycles. The van der Waals surface area contributed by atoms with Crippen molar-refractivity contribution in [1.82, 2.24) is 0 Å². The first kappa shape index (κ1) is 17.4. The molecule has 0 saturated carbocycles. The number of anilines is 1. The molecule has 1 atom stereocenters. The number of carbonyl (C=O) groups excluding carboxylic acids is 1. The Morgan fingerprint density at radius 2 is 1.91 bits per heavy atom. The van der Waals surface area contributed by atoms with Crippen molar-refractivity contribution in [2.45, 2.75) is 23.7 Å². The van der Waals surface area contributed by atoms with Crippen LogP contribution in [0.3, 0.4) is 0 Å². The van der Waals surface area contributed by atoms with Crippen molar-refractivity contribution in [3.05, 3.63) is 54.1 Å². The molecular formula is C18H21NO3S. The molecule has 0 unspecified atom stereocenters. The lowest BCUT2D eigenvalue weighted by Crippen LogP contribution is -2.22. The third-order valence-corrected chi connectivity index (χ3v) is 4.36. The average Bonchev–Trinajstić information content (AvgIpc) is 2.56. The molecule has 0 aromatic heterocycles. The Bertz CT molecular complexity index is 643. The molecule has 2 rings (SSSR count). The zero-order valence-corrected chi connectivity index (χ0v) is 14.4. The van der Waals surface area contributed by atoms with Gasteiger partial charge in [0.25, 0.3) is 0 Å². The van der Waals surface area contributed by atoms with E-state index in [-0.39, 0.29) is 11.2 Å². The quantitative estimate of drug-likeness (QED) is 0.780. The molecule has 4 nitrogen and oxygen atoms in total. The molecule has 0 spiro atoms. The van der Waals surface area contributed by atoms with Gasteiger partial charge in [0.05, 0.1) is 19.0 Å². The number of methoxy groups -OCH3 is 2. The second kappa shape index (κ2) is 8.60. The number of thioether (sulfide) groups is 1. The summed E-state index contributed by atoms with van der Waals surface area (Å²) < 4.78 is 10.2. The number of nitrogens with one attached hydrogen (secondary N) is 1. The fourth-order valence-corrected chi connectivity index (χ4v) is 2.93. The molecule has 0 bridgehead atoms. The van der Waals surface area contributed by atoms with Gasteiger partial charge < -0.3 is 14.8 Å². The smallest absolute Gasteiger partial charge is 0.237 e. The van der Waals surface area contributed by atoms with Crippen LogP contribution in [-0.4, -0.2) is 25.4 Å². The van der Waals surface area contributed by atoms with E-state index in [2.05, 4.69) is 5.32 Å². The summed E-state index contributed by atoms with van der Waals surface area (Å²) in [5.41, 5.74) is 1.81. The molecule has 0 fully saturated rings. The normalized spacial score (nSPS) is 11.8. The van der Waals surface area contributed by atoms with Crippen molar-refractivity contribution < 1.29 is 14.3 Å². The van der Waals surface area contributed by atoms with Gasteiger partial charge in [0, 0.05) is 17.7 Å². The van der Waals surface area contributed by atoms with Crippen LogP contribution in [0.1, 0.15) is 12.5 Å². The van der Waals surface area contributed by atoms with E-state index in [0.29, 0.717) is 6.61 Å². The summed E-state index contributed by atoms with van der Waals surface area (Å²) in [6.07, 6.45) is 0. The van der Waals surface area contributed by atoms with Gasteiger partial charge >= 0.3 is 0 Å². The van der Waals surface area contributed by atoms with Crippen LogP contribution in [0.25, 0.3) is 0 Å². The fraction of sp³-hybridized carbons (Fsp3) is 0.278. The van der Waals surface area contributed by atoms with Crippen LogP contribution in [0.15, 0.2) is 53.4 Å². The first-order valence-electron chi connectivity index (χ1n) is 7.32. The van der Waals surface area contributed by atoms with Crippen LogP contribution in [0.5, 0.6) is 5.75 Å². The Hall–Kier alpha value is -1.98. The highest BCUT2D eigenvalue weighted by Crippen LogP contribution is 2.26. The van der Waals surface area contributed by atoms with Crippen LogP contribution >= 0.6 is 11.8 Å². The predicted octanol–water partition coefficient (Wildman–Crippen LogP) is 3.96. The molecular weight excluding hydrogens is 310 g/mol. The molecule has 0 radical (unpaired) electrons.